The van der Waals surface area contributed by atoms with E-state index >= 15 is 0 Å². The largest absolute Gasteiger partial charge is 0.444 e. The standard InChI is InChI=1S/C23H32BrN3O4/c1-23(2,3)31-22(30)25-13-16-7-6-12-26(14-16)21(29)19-10-11-20(28)27(19)15-17-8-4-5-9-18(17)24/h4-5,8-9,16,19H,6-7,10-15H2,1-3H3,(H,25,30)/t16-,19+/m1/s1. The molecule has 0 aliphatic carbocycles. The van der Waals surface area contributed by atoms with E-state index in [-0.39, 0.29) is 17.7 Å². The van der Waals surface area contributed by atoms with E-state index in [1.807, 2.05) is 49.9 Å². The van der Waals surface area contributed by atoms with Gasteiger partial charge in [0.25, 0.3) is 0 Å². The monoisotopic (exact) mass is 493 g/mol. The molecule has 0 saturated carbocycles. The fraction of sp³-hybridized carbons (Fsp3) is 0.609. The second-order valence-corrected chi connectivity index (χ2v) is 10.2. The third-order valence-electron chi connectivity index (χ3n) is 5.68. The van der Waals surface area contributed by atoms with E-state index in [2.05, 4.69) is 21.2 Å². The number of nitrogens with one attached hydrogen (secondary N) is 1. The van der Waals surface area contributed by atoms with Gasteiger partial charge in [-0.3, -0.25) is 9.59 Å². The number of hydrogen-bond donors (Lipinski definition) is 1. The Labute approximate surface area is 192 Å². The molecule has 7 nitrogen and oxygen atoms in total. The number of ether oxygens (including phenoxy) is 1. The molecule has 0 spiro atoms. The highest BCUT2D eigenvalue weighted by Gasteiger charge is 2.39. The summed E-state index contributed by atoms with van der Waals surface area (Å²) in [7, 11) is 0. The molecule has 1 aromatic rings. The van der Waals surface area contributed by atoms with Crippen molar-refractivity contribution in [3.63, 3.8) is 0 Å². The topological polar surface area (TPSA) is 79.0 Å². The summed E-state index contributed by atoms with van der Waals surface area (Å²) in [5.41, 5.74) is 0.457. The first-order chi connectivity index (χ1) is 14.6. The lowest BCUT2D eigenvalue weighted by Gasteiger charge is -2.36. The number of carbonyl (C=O) groups is 3. The number of benzene rings is 1. The molecule has 2 aliphatic rings. The predicted molar refractivity (Wildman–Crippen MR) is 121 cm³/mol. The van der Waals surface area contributed by atoms with Gasteiger partial charge in [0.15, 0.2) is 0 Å². The highest BCUT2D eigenvalue weighted by Crippen LogP contribution is 2.27. The lowest BCUT2D eigenvalue weighted by Crippen LogP contribution is -2.51. The highest BCUT2D eigenvalue weighted by molar-refractivity contribution is 9.10. The van der Waals surface area contributed by atoms with Crippen LogP contribution in [0, 0.1) is 5.92 Å². The minimum absolute atomic E-state index is 0.0138. The van der Waals surface area contributed by atoms with E-state index in [0.29, 0.717) is 39.0 Å². The molecule has 2 atom stereocenters. The van der Waals surface area contributed by atoms with Crippen LogP contribution in [-0.4, -0.2) is 59.0 Å². The van der Waals surface area contributed by atoms with Gasteiger partial charge in [-0.05, 0) is 57.6 Å². The third-order valence-corrected chi connectivity index (χ3v) is 6.45. The molecule has 3 rings (SSSR count). The number of piperidine rings is 1. The zero-order valence-electron chi connectivity index (χ0n) is 18.5. The van der Waals surface area contributed by atoms with Crippen LogP contribution in [0.3, 0.4) is 0 Å². The number of halogens is 1. The Kier molecular flexibility index (Phi) is 7.62. The van der Waals surface area contributed by atoms with E-state index in [0.717, 1.165) is 22.9 Å². The van der Waals surface area contributed by atoms with E-state index in [9.17, 15) is 14.4 Å². The first-order valence-corrected chi connectivity index (χ1v) is 11.7. The molecule has 1 N–H and O–H groups in total. The summed E-state index contributed by atoms with van der Waals surface area (Å²) in [6.45, 7) is 7.66. The molecule has 2 heterocycles. The number of alkyl carbamates (subject to hydrolysis) is 1. The minimum Gasteiger partial charge on any atom is -0.444 e. The maximum atomic E-state index is 13.3. The van der Waals surface area contributed by atoms with Gasteiger partial charge in [0.2, 0.25) is 11.8 Å². The average molecular weight is 494 g/mol. The van der Waals surface area contributed by atoms with Crippen LogP contribution in [0.25, 0.3) is 0 Å². The van der Waals surface area contributed by atoms with Gasteiger partial charge in [-0.2, -0.15) is 0 Å². The van der Waals surface area contributed by atoms with Crippen LogP contribution in [0.15, 0.2) is 28.7 Å². The number of amides is 3. The van der Waals surface area contributed by atoms with Crippen molar-refractivity contribution >= 4 is 33.8 Å². The van der Waals surface area contributed by atoms with Gasteiger partial charge in [0.05, 0.1) is 0 Å². The molecule has 1 aromatic carbocycles. The zero-order chi connectivity index (χ0) is 22.6. The predicted octanol–water partition coefficient (Wildman–Crippen LogP) is 3.70. The molecule has 0 unspecified atom stereocenters. The van der Waals surface area contributed by atoms with E-state index < -0.39 is 17.7 Å². The quantitative estimate of drug-likeness (QED) is 0.677. The van der Waals surface area contributed by atoms with Crippen LogP contribution in [0.5, 0.6) is 0 Å². The van der Waals surface area contributed by atoms with Gasteiger partial charge in [0.1, 0.15) is 11.6 Å². The summed E-state index contributed by atoms with van der Waals surface area (Å²) in [5, 5.41) is 2.82. The molecular formula is C23H32BrN3O4. The highest BCUT2D eigenvalue weighted by atomic mass is 79.9. The minimum atomic E-state index is -0.537. The Hall–Kier alpha value is -2.09. The molecule has 2 fully saturated rings. The zero-order valence-corrected chi connectivity index (χ0v) is 20.1. The Balaban J connectivity index is 1.58. The second kappa shape index (κ2) is 10.0. The Morgan fingerprint density at radius 3 is 2.68 bits per heavy atom. The Morgan fingerprint density at radius 2 is 1.97 bits per heavy atom. The molecule has 0 radical (unpaired) electrons. The fourth-order valence-electron chi connectivity index (χ4n) is 4.18. The summed E-state index contributed by atoms with van der Waals surface area (Å²) in [4.78, 5) is 41.4. The summed E-state index contributed by atoms with van der Waals surface area (Å²) in [6, 6.07) is 7.36. The van der Waals surface area contributed by atoms with Crippen molar-refractivity contribution in [3.05, 3.63) is 34.3 Å². The van der Waals surface area contributed by atoms with Crippen molar-refractivity contribution in [2.75, 3.05) is 19.6 Å². The van der Waals surface area contributed by atoms with Crippen molar-refractivity contribution < 1.29 is 19.1 Å². The van der Waals surface area contributed by atoms with Crippen molar-refractivity contribution in [2.24, 2.45) is 5.92 Å². The number of carbonyl (C=O) groups excluding carboxylic acids is 3. The van der Waals surface area contributed by atoms with Crippen LogP contribution in [0.1, 0.15) is 52.0 Å². The smallest absolute Gasteiger partial charge is 0.407 e. The SMILES string of the molecule is CC(C)(C)OC(=O)NC[C@H]1CCCN(C(=O)[C@@H]2CCC(=O)N2Cc2ccccc2Br)C1. The molecule has 0 aromatic heterocycles. The van der Waals surface area contributed by atoms with E-state index in [1.165, 1.54) is 0 Å². The van der Waals surface area contributed by atoms with Crippen LogP contribution in [0.2, 0.25) is 0 Å². The molecular weight excluding hydrogens is 462 g/mol. The molecule has 2 aliphatic heterocycles. The number of nitrogens with zero attached hydrogens (tertiary/aromatic N) is 2. The summed E-state index contributed by atoms with van der Waals surface area (Å²) < 4.78 is 6.24. The fourth-order valence-corrected chi connectivity index (χ4v) is 4.59. The van der Waals surface area contributed by atoms with Crippen LogP contribution in [-0.2, 0) is 20.9 Å². The van der Waals surface area contributed by atoms with Crippen LogP contribution >= 0.6 is 15.9 Å². The van der Waals surface area contributed by atoms with Crippen molar-refractivity contribution in [1.82, 2.24) is 15.1 Å². The molecule has 170 valence electrons. The molecule has 8 heteroatoms. The van der Waals surface area contributed by atoms with Gasteiger partial charge in [-0.1, -0.05) is 34.1 Å². The molecule has 31 heavy (non-hydrogen) atoms. The summed E-state index contributed by atoms with van der Waals surface area (Å²) in [6.07, 6.45) is 2.36. The van der Waals surface area contributed by atoms with E-state index in [1.54, 1.807) is 4.90 Å². The number of hydrogen-bond acceptors (Lipinski definition) is 4. The molecule has 2 saturated heterocycles. The first-order valence-electron chi connectivity index (χ1n) is 10.9. The van der Waals surface area contributed by atoms with Crippen molar-refractivity contribution in [3.8, 4) is 0 Å². The maximum absolute atomic E-state index is 13.3. The van der Waals surface area contributed by atoms with Crippen LogP contribution in [0.4, 0.5) is 4.79 Å². The average Bonchev–Trinajstić information content (AvgIpc) is 3.07. The van der Waals surface area contributed by atoms with Crippen LogP contribution < -0.4 is 5.32 Å². The lowest BCUT2D eigenvalue weighted by atomic mass is 9.97. The van der Waals surface area contributed by atoms with Gasteiger partial charge in [0, 0.05) is 37.1 Å². The summed E-state index contributed by atoms with van der Waals surface area (Å²) in [5.74, 6) is 0.216. The van der Waals surface area contributed by atoms with Gasteiger partial charge >= 0.3 is 6.09 Å². The molecule has 3 amide bonds. The number of likely N-dealkylation sites (tertiary alicyclic amines) is 2. The Bertz CT molecular complexity index is 823. The maximum Gasteiger partial charge on any atom is 0.407 e. The summed E-state index contributed by atoms with van der Waals surface area (Å²) >= 11 is 3.53. The van der Waals surface area contributed by atoms with Gasteiger partial charge < -0.3 is 19.9 Å². The van der Waals surface area contributed by atoms with Crippen molar-refractivity contribution in [2.45, 2.75) is 64.6 Å². The number of rotatable bonds is 5. The third kappa shape index (κ3) is 6.45. The second-order valence-electron chi connectivity index (χ2n) is 9.34. The Morgan fingerprint density at radius 1 is 1.23 bits per heavy atom. The molecule has 0 bridgehead atoms. The van der Waals surface area contributed by atoms with E-state index in [4.69, 9.17) is 4.74 Å². The van der Waals surface area contributed by atoms with Gasteiger partial charge in [-0.25, -0.2) is 4.79 Å². The van der Waals surface area contributed by atoms with Crippen molar-refractivity contribution in [1.29, 1.82) is 0 Å². The first kappa shape index (κ1) is 23.6. The van der Waals surface area contributed by atoms with Gasteiger partial charge in [-0.15, -0.1) is 0 Å². The lowest BCUT2D eigenvalue weighted by molar-refractivity contribution is -0.143. The normalized spacial score (nSPS) is 21.9.